The lowest BCUT2D eigenvalue weighted by Gasteiger charge is -2.00. The summed E-state index contributed by atoms with van der Waals surface area (Å²) in [6, 6.07) is 1.61. The van der Waals surface area contributed by atoms with Gasteiger partial charge in [-0.1, -0.05) is 0 Å². The van der Waals surface area contributed by atoms with Gasteiger partial charge in [-0.15, -0.1) is 10.2 Å². The highest BCUT2D eigenvalue weighted by molar-refractivity contribution is 5.69. The van der Waals surface area contributed by atoms with Gasteiger partial charge in [0.1, 0.15) is 5.75 Å². The Morgan fingerprint density at radius 1 is 1.47 bits per heavy atom. The van der Waals surface area contributed by atoms with Crippen molar-refractivity contribution < 1.29 is 9.53 Å². The molecule has 0 fully saturated rings. The quantitative estimate of drug-likeness (QED) is 0.703. The number of H-pyrrole nitrogens is 1. The van der Waals surface area contributed by atoms with Crippen LogP contribution in [0.1, 0.15) is 6.92 Å². The van der Waals surface area contributed by atoms with Crippen LogP contribution in [0.2, 0.25) is 0 Å². The first-order chi connectivity index (χ1) is 7.25. The topological polar surface area (TPSA) is 93.6 Å². The molecule has 0 aromatic carbocycles. The lowest BCUT2D eigenvalue weighted by Crippen LogP contribution is -2.01. The number of tetrazole rings is 1. The minimum absolute atomic E-state index is 0.352. The monoisotopic (exact) mass is 205 g/mol. The first-order valence-electron chi connectivity index (χ1n) is 4.13. The van der Waals surface area contributed by atoms with Gasteiger partial charge in [-0.05, 0) is 11.3 Å². The summed E-state index contributed by atoms with van der Waals surface area (Å²) in [5.74, 6) is 0.350. The zero-order valence-electron chi connectivity index (χ0n) is 7.84. The van der Waals surface area contributed by atoms with E-state index in [0.717, 1.165) is 0 Å². The van der Waals surface area contributed by atoms with Crippen LogP contribution in [0, 0.1) is 0 Å². The first kappa shape index (κ1) is 9.25. The molecule has 0 aliphatic heterocycles. The van der Waals surface area contributed by atoms with Crippen LogP contribution in [-0.2, 0) is 4.79 Å². The molecule has 76 valence electrons. The average Bonchev–Trinajstić information content (AvgIpc) is 2.69. The molecule has 0 saturated carbocycles. The van der Waals surface area contributed by atoms with Crippen LogP contribution in [0.4, 0.5) is 0 Å². The van der Waals surface area contributed by atoms with E-state index in [2.05, 4.69) is 25.6 Å². The van der Waals surface area contributed by atoms with Crippen molar-refractivity contribution in [1.82, 2.24) is 25.6 Å². The van der Waals surface area contributed by atoms with Crippen LogP contribution in [0.3, 0.4) is 0 Å². The van der Waals surface area contributed by atoms with Crippen molar-refractivity contribution in [1.29, 1.82) is 0 Å². The van der Waals surface area contributed by atoms with Crippen molar-refractivity contribution in [3.63, 3.8) is 0 Å². The van der Waals surface area contributed by atoms with E-state index in [1.807, 2.05) is 0 Å². The number of aromatic amines is 1. The van der Waals surface area contributed by atoms with Gasteiger partial charge >= 0.3 is 5.97 Å². The van der Waals surface area contributed by atoms with Gasteiger partial charge in [0.15, 0.2) is 0 Å². The zero-order chi connectivity index (χ0) is 10.7. The molecule has 0 aliphatic rings. The summed E-state index contributed by atoms with van der Waals surface area (Å²) < 4.78 is 4.87. The predicted octanol–water partition coefficient (Wildman–Crippen LogP) is 0.187. The molecule has 7 heteroatoms. The van der Waals surface area contributed by atoms with E-state index in [-0.39, 0.29) is 0 Å². The van der Waals surface area contributed by atoms with Crippen molar-refractivity contribution in [3.8, 4) is 17.1 Å². The Morgan fingerprint density at radius 3 is 3.00 bits per heavy atom. The molecule has 0 saturated heterocycles. The van der Waals surface area contributed by atoms with E-state index in [4.69, 9.17) is 4.74 Å². The van der Waals surface area contributed by atoms with Gasteiger partial charge in [-0.2, -0.15) is 5.21 Å². The molecule has 0 unspecified atom stereocenters. The van der Waals surface area contributed by atoms with Crippen LogP contribution in [0.5, 0.6) is 5.75 Å². The summed E-state index contributed by atoms with van der Waals surface area (Å²) in [5, 5.41) is 13.3. The molecular weight excluding hydrogens is 198 g/mol. The lowest BCUT2D eigenvalue weighted by molar-refractivity contribution is -0.131. The minimum atomic E-state index is -0.401. The van der Waals surface area contributed by atoms with Gasteiger partial charge in [0, 0.05) is 18.7 Å². The number of carbonyl (C=O) groups excluding carboxylic acids is 1. The zero-order valence-corrected chi connectivity index (χ0v) is 7.84. The molecule has 15 heavy (non-hydrogen) atoms. The first-order valence-corrected chi connectivity index (χ1v) is 4.13. The number of nitrogens with one attached hydrogen (secondary N) is 1. The van der Waals surface area contributed by atoms with Crippen molar-refractivity contribution in [2.45, 2.75) is 6.92 Å². The van der Waals surface area contributed by atoms with Gasteiger partial charge in [0.25, 0.3) is 0 Å². The Hall–Kier alpha value is -2.31. The number of pyridine rings is 1. The Morgan fingerprint density at radius 2 is 2.33 bits per heavy atom. The van der Waals surface area contributed by atoms with Crippen LogP contribution in [-0.4, -0.2) is 31.6 Å². The van der Waals surface area contributed by atoms with Crippen LogP contribution in [0.25, 0.3) is 11.4 Å². The second-order valence-corrected chi connectivity index (χ2v) is 2.74. The normalized spacial score (nSPS) is 9.93. The second kappa shape index (κ2) is 3.82. The molecule has 2 heterocycles. The van der Waals surface area contributed by atoms with Gasteiger partial charge in [-0.3, -0.25) is 9.78 Å². The maximum Gasteiger partial charge on any atom is 0.308 e. The van der Waals surface area contributed by atoms with Gasteiger partial charge in [-0.25, -0.2) is 0 Å². The standard InChI is InChI=1S/C8H7N5O2/c1-5(14)15-7-2-6(3-9-4-7)8-10-12-13-11-8/h2-4H,1H3,(H,10,11,12,13). The van der Waals surface area contributed by atoms with Crippen molar-refractivity contribution in [2.75, 3.05) is 0 Å². The molecule has 0 atom stereocenters. The number of aromatic nitrogens is 5. The maximum absolute atomic E-state index is 10.7. The van der Waals surface area contributed by atoms with Gasteiger partial charge < -0.3 is 4.74 Å². The van der Waals surface area contributed by atoms with Crippen LogP contribution >= 0.6 is 0 Å². The lowest BCUT2D eigenvalue weighted by atomic mass is 10.2. The van der Waals surface area contributed by atoms with Crippen LogP contribution in [0.15, 0.2) is 18.5 Å². The SMILES string of the molecule is CC(=O)Oc1cncc(-c2nn[nH]n2)c1. The maximum atomic E-state index is 10.7. The fourth-order valence-electron chi connectivity index (χ4n) is 1.05. The van der Waals surface area contributed by atoms with Gasteiger partial charge in [0.2, 0.25) is 5.82 Å². The van der Waals surface area contributed by atoms with Crippen molar-refractivity contribution >= 4 is 5.97 Å². The molecule has 7 nitrogen and oxygen atoms in total. The van der Waals surface area contributed by atoms with E-state index in [0.29, 0.717) is 17.1 Å². The highest BCUT2D eigenvalue weighted by Gasteiger charge is 2.05. The number of ether oxygens (including phenoxy) is 1. The summed E-state index contributed by atoms with van der Waals surface area (Å²) in [4.78, 5) is 14.6. The average molecular weight is 205 g/mol. The molecular formula is C8H7N5O2. The van der Waals surface area contributed by atoms with Crippen LogP contribution < -0.4 is 4.74 Å². The molecule has 2 rings (SSSR count). The molecule has 0 aliphatic carbocycles. The predicted molar refractivity (Wildman–Crippen MR) is 48.7 cm³/mol. The number of carbonyl (C=O) groups is 1. The van der Waals surface area contributed by atoms with E-state index in [1.165, 1.54) is 13.1 Å². The number of hydrogen-bond donors (Lipinski definition) is 1. The third-order valence-electron chi connectivity index (χ3n) is 1.58. The fraction of sp³-hybridized carbons (Fsp3) is 0.125. The molecule has 0 amide bonds. The largest absolute Gasteiger partial charge is 0.425 e. The molecule has 2 aromatic rings. The summed E-state index contributed by atoms with van der Waals surface area (Å²) >= 11 is 0. The summed E-state index contributed by atoms with van der Waals surface area (Å²) in [7, 11) is 0. The molecule has 0 spiro atoms. The third-order valence-corrected chi connectivity index (χ3v) is 1.58. The smallest absolute Gasteiger partial charge is 0.308 e. The molecule has 1 N–H and O–H groups in total. The van der Waals surface area contributed by atoms with Crippen molar-refractivity contribution in [2.24, 2.45) is 0 Å². The highest BCUT2D eigenvalue weighted by Crippen LogP contribution is 2.18. The molecule has 0 radical (unpaired) electrons. The summed E-state index contributed by atoms with van der Waals surface area (Å²) in [6.45, 7) is 1.32. The fourth-order valence-corrected chi connectivity index (χ4v) is 1.05. The Labute approximate surface area is 84.5 Å². The van der Waals surface area contributed by atoms with E-state index >= 15 is 0 Å². The third kappa shape index (κ3) is 2.13. The van der Waals surface area contributed by atoms with Crippen molar-refractivity contribution in [3.05, 3.63) is 18.5 Å². The Kier molecular flexibility index (Phi) is 2.36. The summed E-state index contributed by atoms with van der Waals surface area (Å²) in [6.07, 6.45) is 2.99. The highest BCUT2D eigenvalue weighted by atomic mass is 16.5. The van der Waals surface area contributed by atoms with E-state index < -0.39 is 5.97 Å². The number of rotatable bonds is 2. The Bertz CT molecular complexity index is 468. The summed E-state index contributed by atoms with van der Waals surface area (Å²) in [5.41, 5.74) is 0.627. The van der Waals surface area contributed by atoms with E-state index in [1.54, 1.807) is 12.3 Å². The molecule has 0 bridgehead atoms. The van der Waals surface area contributed by atoms with E-state index in [9.17, 15) is 4.79 Å². The Balaban J connectivity index is 2.31. The number of hydrogen-bond acceptors (Lipinski definition) is 6. The van der Waals surface area contributed by atoms with Gasteiger partial charge in [0.05, 0.1) is 6.20 Å². The molecule has 2 aromatic heterocycles. The second-order valence-electron chi connectivity index (χ2n) is 2.74. The number of nitrogens with zero attached hydrogens (tertiary/aromatic N) is 4. The number of esters is 1. The minimum Gasteiger partial charge on any atom is -0.425 e.